The topological polar surface area (TPSA) is 36.3 Å². The van der Waals surface area contributed by atoms with Crippen LogP contribution in [0.15, 0.2) is 0 Å². The molecule has 4 fully saturated rings. The van der Waals surface area contributed by atoms with E-state index < -0.39 is 0 Å². The molecule has 9 unspecified atom stereocenters. The maximum absolute atomic E-state index is 7.08. The van der Waals surface area contributed by atoms with Gasteiger partial charge in [-0.05, 0) is 119 Å². The van der Waals surface area contributed by atoms with E-state index in [4.69, 9.17) is 14.4 Å². The first kappa shape index (κ1) is 34.5. The van der Waals surface area contributed by atoms with Crippen LogP contribution in [-0.2, 0) is 9.31 Å². The minimum atomic E-state index is -0.372. The van der Waals surface area contributed by atoms with Crippen molar-refractivity contribution in [2.45, 2.75) is 177 Å². The molecule has 0 radical (unpaired) electrons. The predicted molar refractivity (Wildman–Crippen MR) is 186 cm³/mol. The fourth-order valence-electron chi connectivity index (χ4n) is 10.0. The van der Waals surface area contributed by atoms with Gasteiger partial charge >= 0.3 is 7.12 Å². The van der Waals surface area contributed by atoms with Gasteiger partial charge in [-0.2, -0.15) is 5.10 Å². The number of nitrogens with zero attached hydrogens (tertiary/aromatic N) is 2. The predicted octanol–water partition coefficient (Wildman–Crippen LogP) is 10.2. The van der Waals surface area contributed by atoms with E-state index in [0.29, 0.717) is 53.4 Å². The van der Waals surface area contributed by atoms with Crippen molar-refractivity contribution in [3.05, 3.63) is 11.4 Å². The van der Waals surface area contributed by atoms with Gasteiger partial charge < -0.3 is 9.31 Å². The van der Waals surface area contributed by atoms with E-state index in [2.05, 4.69) is 94.7 Å². The molecule has 44 heavy (non-hydrogen) atoms. The summed E-state index contributed by atoms with van der Waals surface area (Å²) in [4.78, 5) is 0. The van der Waals surface area contributed by atoms with Crippen LogP contribution < -0.4 is 5.46 Å². The van der Waals surface area contributed by atoms with E-state index in [1.165, 1.54) is 74.6 Å². The molecular weight excluding hydrogens is 539 g/mol. The van der Waals surface area contributed by atoms with Gasteiger partial charge in [0.15, 0.2) is 0 Å². The molecule has 1 aromatic rings. The Morgan fingerprint density at radius 1 is 0.636 bits per heavy atom. The maximum atomic E-state index is 7.08. The summed E-state index contributed by atoms with van der Waals surface area (Å²) in [5, 5.41) is 5.98. The van der Waals surface area contributed by atoms with Crippen LogP contribution in [0.25, 0.3) is 0 Å². The van der Waals surface area contributed by atoms with Crippen LogP contribution in [0.4, 0.5) is 0 Å². The van der Waals surface area contributed by atoms with E-state index >= 15 is 0 Å². The van der Waals surface area contributed by atoms with E-state index in [1.807, 2.05) is 0 Å². The normalized spacial score (nSPS) is 37.8. The summed E-state index contributed by atoms with van der Waals surface area (Å²) in [5.74, 6) is 7.08. The Morgan fingerprint density at radius 3 is 1.57 bits per heavy atom. The molecule has 0 spiro atoms. The van der Waals surface area contributed by atoms with Gasteiger partial charge in [0.2, 0.25) is 0 Å². The van der Waals surface area contributed by atoms with Crippen LogP contribution in [0.5, 0.6) is 0 Å². The highest BCUT2D eigenvalue weighted by Gasteiger charge is 2.56. The van der Waals surface area contributed by atoms with Gasteiger partial charge in [0, 0.05) is 23.0 Å². The van der Waals surface area contributed by atoms with Crippen LogP contribution in [0.3, 0.4) is 0 Å². The van der Waals surface area contributed by atoms with Gasteiger partial charge in [0.25, 0.3) is 0 Å². The van der Waals surface area contributed by atoms with Crippen molar-refractivity contribution in [2.24, 2.45) is 53.3 Å². The molecule has 1 aromatic heterocycles. The van der Waals surface area contributed by atoms with E-state index in [9.17, 15) is 0 Å². The summed E-state index contributed by atoms with van der Waals surface area (Å²) >= 11 is 0. The molecule has 4 aliphatic rings. The number of aromatic nitrogens is 2. The fourth-order valence-corrected chi connectivity index (χ4v) is 10.0. The first-order chi connectivity index (χ1) is 20.5. The number of hydrogen-bond donors (Lipinski definition) is 0. The van der Waals surface area contributed by atoms with Crippen LogP contribution >= 0.6 is 0 Å². The average Bonchev–Trinajstić information content (AvgIpc) is 3.41. The molecule has 1 saturated heterocycles. The molecule has 5 heteroatoms. The second-order valence-electron chi connectivity index (χ2n) is 18.5. The maximum Gasteiger partial charge on any atom is 0.498 e. The van der Waals surface area contributed by atoms with Crippen LogP contribution in [0.1, 0.15) is 177 Å². The Bertz CT molecular complexity index is 1110. The molecule has 9 atom stereocenters. The van der Waals surface area contributed by atoms with Crippen molar-refractivity contribution in [3.8, 4) is 0 Å². The van der Waals surface area contributed by atoms with Crippen molar-refractivity contribution in [1.82, 2.24) is 9.78 Å². The molecule has 5 rings (SSSR count). The van der Waals surface area contributed by atoms with Crippen LogP contribution in [0.2, 0.25) is 0 Å². The minimum absolute atomic E-state index is 0.354. The van der Waals surface area contributed by atoms with Crippen molar-refractivity contribution < 1.29 is 9.31 Å². The highest BCUT2D eigenvalue weighted by atomic mass is 16.7. The van der Waals surface area contributed by atoms with Crippen molar-refractivity contribution in [1.29, 1.82) is 0 Å². The molecular formula is C39H69BN2O2. The zero-order valence-electron chi connectivity index (χ0n) is 31.1. The fraction of sp³-hybridized carbons (Fsp3) is 0.923. The molecule has 0 amide bonds. The van der Waals surface area contributed by atoms with Gasteiger partial charge in [-0.3, -0.25) is 4.68 Å². The second-order valence-corrected chi connectivity index (χ2v) is 18.5. The molecule has 1 aliphatic heterocycles. The van der Waals surface area contributed by atoms with Crippen molar-refractivity contribution >= 4 is 12.6 Å². The summed E-state index contributed by atoms with van der Waals surface area (Å²) < 4.78 is 16.8. The average molecular weight is 609 g/mol. The Kier molecular flexibility index (Phi) is 10.2. The SMILES string of the molecule is CC1CCC(C(C)C)C(c2nn(C3CC(C)CCC3C(C)C)c(C3CC(C)CCC3C(C)C)c2B2OC(C)(C)C(C)(C)O2)C1. The van der Waals surface area contributed by atoms with E-state index in [0.717, 1.165) is 17.8 Å². The first-order valence-corrected chi connectivity index (χ1v) is 19.0. The lowest BCUT2D eigenvalue weighted by molar-refractivity contribution is 0.00578. The van der Waals surface area contributed by atoms with Crippen LogP contribution in [-0.4, -0.2) is 28.1 Å². The summed E-state index contributed by atoms with van der Waals surface area (Å²) in [5.41, 5.74) is 3.49. The lowest BCUT2D eigenvalue weighted by Crippen LogP contribution is -2.43. The zero-order chi connectivity index (χ0) is 32.3. The number of hydrogen-bond acceptors (Lipinski definition) is 3. The Labute approximate surface area is 272 Å². The lowest BCUT2D eigenvalue weighted by atomic mass is 9.61. The van der Waals surface area contributed by atoms with Crippen molar-refractivity contribution in [3.63, 3.8) is 0 Å². The molecule has 4 nitrogen and oxygen atoms in total. The van der Waals surface area contributed by atoms with Gasteiger partial charge in [0.05, 0.1) is 22.9 Å². The largest absolute Gasteiger partial charge is 0.498 e. The highest BCUT2D eigenvalue weighted by molar-refractivity contribution is 6.63. The molecule has 3 saturated carbocycles. The summed E-state index contributed by atoms with van der Waals surface area (Å²) in [7, 11) is -0.354. The summed E-state index contributed by atoms with van der Waals surface area (Å²) in [6.07, 6.45) is 11.7. The van der Waals surface area contributed by atoms with Gasteiger partial charge in [-0.15, -0.1) is 0 Å². The standard InChI is InChI=1S/C39H69BN2O2/c1-23(2)29-17-14-26(7)20-32(29)36-35(40-43-38(10,11)39(12,13)44-40)37(33-21-27(8)15-18-30(33)24(3)4)42(41-36)34-22-28(9)16-19-31(34)25(5)6/h23-34H,14-22H2,1-13H3. The van der Waals surface area contributed by atoms with Gasteiger partial charge in [0.1, 0.15) is 0 Å². The van der Waals surface area contributed by atoms with E-state index in [-0.39, 0.29) is 18.3 Å². The van der Waals surface area contributed by atoms with Gasteiger partial charge in [-0.25, -0.2) is 0 Å². The highest BCUT2D eigenvalue weighted by Crippen LogP contribution is 2.51. The lowest BCUT2D eigenvalue weighted by Gasteiger charge is -2.42. The summed E-state index contributed by atoms with van der Waals surface area (Å²) in [6, 6.07) is 0.451. The third kappa shape index (κ3) is 6.50. The quantitative estimate of drug-likeness (QED) is 0.289. The molecule has 3 aliphatic carbocycles. The third-order valence-electron chi connectivity index (χ3n) is 13.6. The second kappa shape index (κ2) is 13.0. The molecule has 2 heterocycles. The van der Waals surface area contributed by atoms with Gasteiger partial charge in [-0.1, -0.05) is 81.6 Å². The zero-order valence-corrected chi connectivity index (χ0v) is 31.1. The molecule has 0 bridgehead atoms. The first-order valence-electron chi connectivity index (χ1n) is 19.0. The molecule has 250 valence electrons. The Morgan fingerprint density at radius 2 is 1.07 bits per heavy atom. The Balaban J connectivity index is 1.80. The number of rotatable bonds is 7. The third-order valence-corrected chi connectivity index (χ3v) is 13.6. The van der Waals surface area contributed by atoms with Crippen molar-refractivity contribution in [2.75, 3.05) is 0 Å². The Hall–Kier alpha value is -0.805. The molecule has 0 N–H and O–H groups in total. The smallest absolute Gasteiger partial charge is 0.399 e. The van der Waals surface area contributed by atoms with Crippen LogP contribution in [0, 0.1) is 53.3 Å². The molecule has 0 aromatic carbocycles. The van der Waals surface area contributed by atoms with E-state index in [1.54, 1.807) is 0 Å². The summed E-state index contributed by atoms with van der Waals surface area (Å²) in [6.45, 7) is 31.2. The monoisotopic (exact) mass is 609 g/mol. The minimum Gasteiger partial charge on any atom is -0.399 e.